The lowest BCUT2D eigenvalue weighted by Gasteiger charge is -2.37. The fourth-order valence-electron chi connectivity index (χ4n) is 2.28. The van der Waals surface area contributed by atoms with Crippen LogP contribution in [0.2, 0.25) is 0 Å². The summed E-state index contributed by atoms with van der Waals surface area (Å²) in [6.07, 6.45) is 6.10. The van der Waals surface area contributed by atoms with Gasteiger partial charge in [-0.1, -0.05) is 25.5 Å². The molecule has 0 aromatic carbocycles. The fraction of sp³-hybridized carbons (Fsp3) is 0.769. The summed E-state index contributed by atoms with van der Waals surface area (Å²) in [5.74, 6) is 1.14. The molecule has 80 valence electrons. The first-order valence-corrected chi connectivity index (χ1v) is 5.57. The second kappa shape index (κ2) is 4.29. The number of allylic oxidation sites excluding steroid dienone is 2. The summed E-state index contributed by atoms with van der Waals surface area (Å²) in [7, 11) is 0. The maximum absolute atomic E-state index is 11.3. The summed E-state index contributed by atoms with van der Waals surface area (Å²) >= 11 is 0. The van der Waals surface area contributed by atoms with E-state index in [9.17, 15) is 4.79 Å². The molecule has 1 unspecified atom stereocenters. The average Bonchev–Trinajstić information content (AvgIpc) is 2.00. The molecule has 1 aliphatic carbocycles. The van der Waals surface area contributed by atoms with E-state index in [1.165, 1.54) is 5.57 Å². The van der Waals surface area contributed by atoms with Crippen molar-refractivity contribution in [1.29, 1.82) is 0 Å². The minimum atomic E-state index is 0.210. The summed E-state index contributed by atoms with van der Waals surface area (Å²) in [5.41, 5.74) is 1.60. The van der Waals surface area contributed by atoms with Crippen LogP contribution < -0.4 is 0 Å². The van der Waals surface area contributed by atoms with Crippen LogP contribution in [0.15, 0.2) is 11.6 Å². The van der Waals surface area contributed by atoms with Crippen LogP contribution in [-0.2, 0) is 4.79 Å². The summed E-state index contributed by atoms with van der Waals surface area (Å²) in [5, 5.41) is 0. The van der Waals surface area contributed by atoms with Crippen molar-refractivity contribution in [3.8, 4) is 0 Å². The van der Waals surface area contributed by atoms with Crippen LogP contribution in [0.25, 0.3) is 0 Å². The van der Waals surface area contributed by atoms with Crippen molar-refractivity contribution in [3.05, 3.63) is 11.6 Å². The van der Waals surface area contributed by atoms with Gasteiger partial charge in [0, 0.05) is 12.8 Å². The molecular weight excluding hydrogens is 172 g/mol. The minimum absolute atomic E-state index is 0.210. The first-order valence-electron chi connectivity index (χ1n) is 5.57. The SMILES string of the molecule is CC(C)=CCC1CCC(=O)CC1(C)C. The van der Waals surface area contributed by atoms with E-state index in [0.29, 0.717) is 11.7 Å². The van der Waals surface area contributed by atoms with Crippen molar-refractivity contribution in [2.75, 3.05) is 0 Å². The number of hydrogen-bond acceptors (Lipinski definition) is 1. The number of carbonyl (C=O) groups excluding carboxylic acids is 1. The van der Waals surface area contributed by atoms with Crippen molar-refractivity contribution in [1.82, 2.24) is 0 Å². The molecule has 1 saturated carbocycles. The molecule has 1 aliphatic rings. The van der Waals surface area contributed by atoms with Crippen LogP contribution in [0.5, 0.6) is 0 Å². The lowest BCUT2D eigenvalue weighted by Crippen LogP contribution is -2.32. The molecule has 1 atom stereocenters. The Morgan fingerprint density at radius 1 is 1.50 bits per heavy atom. The number of hydrogen-bond donors (Lipinski definition) is 0. The van der Waals surface area contributed by atoms with Gasteiger partial charge in [-0.25, -0.2) is 0 Å². The van der Waals surface area contributed by atoms with Gasteiger partial charge < -0.3 is 0 Å². The average molecular weight is 194 g/mol. The highest BCUT2D eigenvalue weighted by molar-refractivity contribution is 5.79. The van der Waals surface area contributed by atoms with Gasteiger partial charge in [0.15, 0.2) is 0 Å². The maximum Gasteiger partial charge on any atom is 0.133 e. The van der Waals surface area contributed by atoms with Gasteiger partial charge in [0.25, 0.3) is 0 Å². The zero-order valence-corrected chi connectivity index (χ0v) is 9.89. The summed E-state index contributed by atoms with van der Waals surface area (Å²) < 4.78 is 0. The highest BCUT2D eigenvalue weighted by Crippen LogP contribution is 2.41. The molecule has 14 heavy (non-hydrogen) atoms. The Morgan fingerprint density at radius 2 is 2.14 bits per heavy atom. The van der Waals surface area contributed by atoms with Gasteiger partial charge in [-0.2, -0.15) is 0 Å². The predicted molar refractivity (Wildman–Crippen MR) is 60.2 cm³/mol. The lowest BCUT2D eigenvalue weighted by atomic mass is 9.67. The Balaban J connectivity index is 2.60. The van der Waals surface area contributed by atoms with Gasteiger partial charge >= 0.3 is 0 Å². The van der Waals surface area contributed by atoms with E-state index in [0.717, 1.165) is 25.7 Å². The van der Waals surface area contributed by atoms with Gasteiger partial charge in [0.05, 0.1) is 0 Å². The van der Waals surface area contributed by atoms with Gasteiger partial charge in [-0.05, 0) is 38.0 Å². The molecular formula is C13H22O. The molecule has 1 fully saturated rings. The van der Waals surface area contributed by atoms with Gasteiger partial charge in [0.2, 0.25) is 0 Å². The smallest absolute Gasteiger partial charge is 0.133 e. The Kier molecular flexibility index (Phi) is 3.52. The molecule has 0 saturated heterocycles. The van der Waals surface area contributed by atoms with Crippen LogP contribution in [0.3, 0.4) is 0 Å². The van der Waals surface area contributed by atoms with Crippen molar-refractivity contribution in [2.45, 2.75) is 53.4 Å². The van der Waals surface area contributed by atoms with E-state index in [4.69, 9.17) is 0 Å². The molecule has 1 heteroatoms. The van der Waals surface area contributed by atoms with Crippen LogP contribution in [-0.4, -0.2) is 5.78 Å². The van der Waals surface area contributed by atoms with Crippen molar-refractivity contribution >= 4 is 5.78 Å². The number of rotatable bonds is 2. The first-order chi connectivity index (χ1) is 6.42. The van der Waals surface area contributed by atoms with Crippen LogP contribution in [0.4, 0.5) is 0 Å². The van der Waals surface area contributed by atoms with Crippen LogP contribution >= 0.6 is 0 Å². The zero-order chi connectivity index (χ0) is 10.8. The second-order valence-corrected chi connectivity index (χ2v) is 5.46. The van der Waals surface area contributed by atoms with Crippen molar-refractivity contribution in [3.63, 3.8) is 0 Å². The normalized spacial score (nSPS) is 26.0. The van der Waals surface area contributed by atoms with Crippen molar-refractivity contribution in [2.24, 2.45) is 11.3 Å². The first kappa shape index (κ1) is 11.5. The summed E-state index contributed by atoms with van der Waals surface area (Å²) in [4.78, 5) is 11.3. The molecule has 0 aliphatic heterocycles. The van der Waals surface area contributed by atoms with E-state index in [2.05, 4.69) is 33.8 Å². The van der Waals surface area contributed by atoms with E-state index in [-0.39, 0.29) is 5.41 Å². The zero-order valence-electron chi connectivity index (χ0n) is 9.89. The largest absolute Gasteiger partial charge is 0.300 e. The van der Waals surface area contributed by atoms with E-state index in [1.54, 1.807) is 0 Å². The monoisotopic (exact) mass is 194 g/mol. The third-order valence-electron chi connectivity index (χ3n) is 3.34. The Morgan fingerprint density at radius 3 is 2.64 bits per heavy atom. The maximum atomic E-state index is 11.3. The quantitative estimate of drug-likeness (QED) is 0.612. The molecule has 0 bridgehead atoms. The number of carbonyl (C=O) groups is 1. The molecule has 0 N–H and O–H groups in total. The van der Waals surface area contributed by atoms with Gasteiger partial charge in [0.1, 0.15) is 5.78 Å². The number of ketones is 1. The molecule has 0 aromatic heterocycles. The third kappa shape index (κ3) is 2.97. The third-order valence-corrected chi connectivity index (χ3v) is 3.34. The highest BCUT2D eigenvalue weighted by atomic mass is 16.1. The summed E-state index contributed by atoms with van der Waals surface area (Å²) in [6, 6.07) is 0. The Bertz CT molecular complexity index is 244. The predicted octanol–water partition coefficient (Wildman–Crippen LogP) is 3.74. The van der Waals surface area contributed by atoms with Gasteiger partial charge in [-0.15, -0.1) is 0 Å². The Labute approximate surface area is 87.6 Å². The Hall–Kier alpha value is -0.590. The standard InChI is InChI=1S/C13H22O/c1-10(2)5-6-11-7-8-12(14)9-13(11,3)4/h5,11H,6-9H2,1-4H3. The molecule has 0 amide bonds. The molecule has 0 radical (unpaired) electrons. The second-order valence-electron chi connectivity index (χ2n) is 5.46. The van der Waals surface area contributed by atoms with Crippen LogP contribution in [0, 0.1) is 11.3 Å². The lowest BCUT2D eigenvalue weighted by molar-refractivity contribution is -0.124. The van der Waals surface area contributed by atoms with E-state index >= 15 is 0 Å². The molecule has 1 rings (SSSR count). The molecule has 0 aromatic rings. The van der Waals surface area contributed by atoms with Gasteiger partial charge in [-0.3, -0.25) is 4.79 Å². The minimum Gasteiger partial charge on any atom is -0.300 e. The molecule has 0 spiro atoms. The molecule has 1 nitrogen and oxygen atoms in total. The van der Waals surface area contributed by atoms with E-state index < -0.39 is 0 Å². The van der Waals surface area contributed by atoms with E-state index in [1.807, 2.05) is 0 Å². The topological polar surface area (TPSA) is 17.1 Å². The van der Waals surface area contributed by atoms with Crippen LogP contribution in [0.1, 0.15) is 53.4 Å². The molecule has 0 heterocycles. The summed E-state index contributed by atoms with van der Waals surface area (Å²) in [6.45, 7) is 8.74. The van der Waals surface area contributed by atoms with Crippen molar-refractivity contribution < 1.29 is 4.79 Å². The number of Topliss-reactive ketones (excluding diaryl/α,β-unsaturated/α-hetero) is 1. The fourth-order valence-corrected chi connectivity index (χ4v) is 2.28. The highest BCUT2D eigenvalue weighted by Gasteiger charge is 2.34.